The second-order valence-corrected chi connectivity index (χ2v) is 12.6. The monoisotopic (exact) mass is 580 g/mol. The Morgan fingerprint density at radius 3 is 2.79 bits per heavy atom. The molecule has 0 saturated carbocycles. The molecule has 11 heteroatoms. The molecular formula is C28H29ClN6O2S2. The molecule has 0 radical (unpaired) electrons. The van der Waals surface area contributed by atoms with Crippen molar-refractivity contribution in [3.63, 3.8) is 0 Å². The number of rotatable bonds is 5. The first-order valence-corrected chi connectivity index (χ1v) is 14.9. The van der Waals surface area contributed by atoms with E-state index in [2.05, 4.69) is 32.5 Å². The molecule has 2 aromatic carbocycles. The Balaban J connectivity index is 1.32. The van der Waals surface area contributed by atoms with Crippen LogP contribution >= 0.6 is 34.7 Å². The second kappa shape index (κ2) is 10.6. The van der Waals surface area contributed by atoms with Gasteiger partial charge in [-0.05, 0) is 37.2 Å². The number of carbonyl (C=O) groups excluding carboxylic acids is 2. The molecule has 0 saturated heterocycles. The molecule has 3 aliphatic rings. The number of nitrogens with two attached hydrogens (primary N) is 1. The number of hydrogen-bond donors (Lipinski definition) is 3. The Morgan fingerprint density at radius 1 is 1.18 bits per heavy atom. The van der Waals surface area contributed by atoms with E-state index >= 15 is 0 Å². The van der Waals surface area contributed by atoms with Crippen molar-refractivity contribution in [2.75, 3.05) is 36.9 Å². The zero-order valence-corrected chi connectivity index (χ0v) is 24.1. The van der Waals surface area contributed by atoms with Crippen molar-refractivity contribution in [2.45, 2.75) is 31.7 Å². The van der Waals surface area contributed by atoms with E-state index in [9.17, 15) is 9.59 Å². The molecule has 0 spiro atoms. The quantitative estimate of drug-likeness (QED) is 0.406. The highest BCUT2D eigenvalue weighted by Crippen LogP contribution is 2.46. The minimum absolute atomic E-state index is 0.259. The van der Waals surface area contributed by atoms with Gasteiger partial charge in [0.2, 0.25) is 0 Å². The number of nitrogens with one attached hydrogen (secondary N) is 2. The predicted molar refractivity (Wildman–Crippen MR) is 159 cm³/mol. The van der Waals surface area contributed by atoms with E-state index in [0.717, 1.165) is 82.6 Å². The van der Waals surface area contributed by atoms with Crippen LogP contribution in [0.25, 0.3) is 11.1 Å². The first-order valence-electron chi connectivity index (χ1n) is 12.9. The largest absolute Gasteiger partial charge is 0.367 e. The van der Waals surface area contributed by atoms with Gasteiger partial charge in [0.1, 0.15) is 0 Å². The van der Waals surface area contributed by atoms with Crippen LogP contribution in [0.2, 0.25) is 5.02 Å². The van der Waals surface area contributed by atoms with Gasteiger partial charge in [0.25, 0.3) is 11.8 Å². The molecule has 8 nitrogen and oxygen atoms in total. The van der Waals surface area contributed by atoms with Crippen LogP contribution in [0.3, 0.4) is 0 Å². The van der Waals surface area contributed by atoms with Crippen LogP contribution in [0.15, 0.2) is 47.0 Å². The molecule has 3 aromatic rings. The topological polar surface area (TPSA) is 104 Å². The van der Waals surface area contributed by atoms with E-state index in [1.54, 1.807) is 6.07 Å². The molecule has 2 amide bonds. The number of benzene rings is 2. The van der Waals surface area contributed by atoms with Gasteiger partial charge in [0.05, 0.1) is 16.4 Å². The number of thiazole rings is 1. The summed E-state index contributed by atoms with van der Waals surface area (Å²) in [6, 6.07) is 11.6. The Morgan fingerprint density at radius 2 is 1.97 bits per heavy atom. The first-order chi connectivity index (χ1) is 18.8. The molecule has 0 fully saturated rings. The van der Waals surface area contributed by atoms with Gasteiger partial charge in [-0.25, -0.2) is 4.98 Å². The Bertz CT molecular complexity index is 1520. The molecule has 1 atom stereocenters. The molecule has 4 heterocycles. The third-order valence-corrected chi connectivity index (χ3v) is 10.2. The van der Waals surface area contributed by atoms with E-state index in [1.807, 2.05) is 37.3 Å². The number of aromatic nitrogens is 1. The van der Waals surface area contributed by atoms with Crippen LogP contribution in [-0.4, -0.2) is 53.8 Å². The normalized spacial score (nSPS) is 19.2. The number of carbonyl (C=O) groups is 2. The number of thioether (sulfide) groups is 1. The number of amides is 2. The van der Waals surface area contributed by atoms with Crippen LogP contribution in [0.1, 0.15) is 32.4 Å². The summed E-state index contributed by atoms with van der Waals surface area (Å²) in [5, 5.41) is 6.77. The summed E-state index contributed by atoms with van der Waals surface area (Å²) in [4.78, 5) is 36.8. The molecule has 4 N–H and O–H groups in total. The van der Waals surface area contributed by atoms with Crippen molar-refractivity contribution in [1.29, 1.82) is 0 Å². The zero-order valence-electron chi connectivity index (χ0n) is 21.7. The number of likely N-dealkylation sites (N-methyl/N-ethyl adjacent to an activating group) is 1. The minimum atomic E-state index is -0.492. The van der Waals surface area contributed by atoms with E-state index in [1.165, 1.54) is 23.1 Å². The lowest BCUT2D eigenvalue weighted by atomic mass is 9.97. The van der Waals surface area contributed by atoms with Gasteiger partial charge in [0.15, 0.2) is 10.4 Å². The van der Waals surface area contributed by atoms with Gasteiger partial charge in [-0.3, -0.25) is 9.59 Å². The van der Waals surface area contributed by atoms with E-state index in [0.29, 0.717) is 15.7 Å². The number of nitrogens with zero attached hydrogens (tertiary/aromatic N) is 3. The third-order valence-electron chi connectivity index (χ3n) is 7.39. The average molecular weight is 581 g/mol. The van der Waals surface area contributed by atoms with Crippen molar-refractivity contribution in [2.24, 2.45) is 5.73 Å². The van der Waals surface area contributed by atoms with Gasteiger partial charge < -0.3 is 26.2 Å². The lowest BCUT2D eigenvalue weighted by Crippen LogP contribution is -2.40. The molecule has 1 unspecified atom stereocenters. The van der Waals surface area contributed by atoms with Gasteiger partial charge in [0, 0.05) is 65.8 Å². The Kier molecular flexibility index (Phi) is 7.15. The lowest BCUT2D eigenvalue weighted by molar-refractivity contribution is -0.117. The van der Waals surface area contributed by atoms with E-state index in [4.69, 9.17) is 17.3 Å². The molecular weight excluding hydrogens is 552 g/mol. The van der Waals surface area contributed by atoms with E-state index < -0.39 is 5.37 Å². The van der Waals surface area contributed by atoms with Crippen LogP contribution in [0, 0.1) is 6.92 Å². The van der Waals surface area contributed by atoms with Crippen molar-refractivity contribution in [3.8, 4) is 11.1 Å². The fourth-order valence-electron chi connectivity index (χ4n) is 5.41. The highest BCUT2D eigenvalue weighted by molar-refractivity contribution is 8.04. The number of anilines is 2. The van der Waals surface area contributed by atoms with Crippen molar-refractivity contribution in [3.05, 3.63) is 73.2 Å². The summed E-state index contributed by atoms with van der Waals surface area (Å²) in [6.07, 6.45) is 1.68. The zero-order chi connectivity index (χ0) is 27.3. The van der Waals surface area contributed by atoms with Gasteiger partial charge >= 0.3 is 0 Å². The smallest absolute Gasteiger partial charge is 0.284 e. The molecule has 39 heavy (non-hydrogen) atoms. The number of halogens is 1. The average Bonchev–Trinajstić information content (AvgIpc) is 3.52. The van der Waals surface area contributed by atoms with Gasteiger partial charge in [-0.15, -0.1) is 11.3 Å². The maximum Gasteiger partial charge on any atom is 0.284 e. The lowest BCUT2D eigenvalue weighted by Gasteiger charge is -2.30. The van der Waals surface area contributed by atoms with Crippen molar-refractivity contribution >= 4 is 57.9 Å². The second-order valence-electron chi connectivity index (χ2n) is 9.99. The third kappa shape index (κ3) is 4.85. The Hall–Kier alpha value is -2.89. The highest BCUT2D eigenvalue weighted by Gasteiger charge is 2.38. The minimum Gasteiger partial charge on any atom is -0.367 e. The first kappa shape index (κ1) is 26.3. The predicted octanol–water partition coefficient (Wildman–Crippen LogP) is 4.58. The molecule has 0 aliphatic carbocycles. The fraction of sp³-hybridized carbons (Fsp3) is 0.321. The molecule has 6 rings (SSSR count). The van der Waals surface area contributed by atoms with Gasteiger partial charge in [-0.1, -0.05) is 47.6 Å². The van der Waals surface area contributed by atoms with Crippen LogP contribution in [0.5, 0.6) is 0 Å². The van der Waals surface area contributed by atoms with Crippen molar-refractivity contribution in [1.82, 2.24) is 15.2 Å². The maximum absolute atomic E-state index is 13.1. The molecule has 0 bridgehead atoms. The SMILES string of the molecule is Cc1c(-c2cccc(NC(=O)c3nc4c(s3)CN(C)CC4)c2Cl)cccc1N1C2=C(CNCC2)SC1C(N)=O. The molecule has 1 aromatic heterocycles. The number of hydrogen-bond acceptors (Lipinski definition) is 8. The highest BCUT2D eigenvalue weighted by atomic mass is 35.5. The fourth-order valence-corrected chi connectivity index (χ4v) is 8.02. The number of primary amides is 1. The van der Waals surface area contributed by atoms with E-state index in [-0.39, 0.29) is 11.8 Å². The molecule has 202 valence electrons. The summed E-state index contributed by atoms with van der Waals surface area (Å²) >= 11 is 9.89. The molecule has 3 aliphatic heterocycles. The standard InChI is InChI=1S/C28H29ClN6O2S2/c1-15-16(5-4-8-20(15)35-21-9-11-31-13-22(21)39-28(35)25(30)36)17-6-3-7-19(24(17)29)32-26(37)27-33-18-10-12-34(2)14-23(18)38-27/h3-8,28,31H,9-14H2,1-2H3,(H2,30,36)(H,32,37). The van der Waals surface area contributed by atoms with Crippen LogP contribution in [-0.2, 0) is 17.8 Å². The van der Waals surface area contributed by atoms with Crippen LogP contribution in [0.4, 0.5) is 11.4 Å². The number of fused-ring (bicyclic) bond motifs is 1. The van der Waals surface area contributed by atoms with Crippen LogP contribution < -0.4 is 21.3 Å². The summed E-state index contributed by atoms with van der Waals surface area (Å²) < 4.78 is 0. The maximum atomic E-state index is 13.1. The van der Waals surface area contributed by atoms with Crippen molar-refractivity contribution < 1.29 is 9.59 Å². The van der Waals surface area contributed by atoms with Gasteiger partial charge in [-0.2, -0.15) is 0 Å². The summed E-state index contributed by atoms with van der Waals surface area (Å²) in [5.74, 6) is -0.622. The summed E-state index contributed by atoms with van der Waals surface area (Å²) in [7, 11) is 2.07. The summed E-state index contributed by atoms with van der Waals surface area (Å²) in [6.45, 7) is 5.38. The summed E-state index contributed by atoms with van der Waals surface area (Å²) in [5.41, 5.74) is 12.2. The Labute approximate surface area is 240 Å².